The molecule has 0 atom stereocenters. The van der Waals surface area contributed by atoms with Gasteiger partial charge in [-0.3, -0.25) is 14.7 Å². The van der Waals surface area contributed by atoms with E-state index in [0.29, 0.717) is 12.1 Å². The number of terminal acetylenes is 1. The quantitative estimate of drug-likeness (QED) is 0.513. The van der Waals surface area contributed by atoms with Gasteiger partial charge >= 0.3 is 0 Å². The van der Waals surface area contributed by atoms with Crippen LogP contribution in [0.4, 0.5) is 0 Å². The minimum absolute atomic E-state index is 0.0998. The molecule has 29 heavy (non-hydrogen) atoms. The van der Waals surface area contributed by atoms with E-state index in [1.54, 1.807) is 23.1 Å². The predicted octanol–water partition coefficient (Wildman–Crippen LogP) is 3.39. The number of amides is 1. The first-order valence-electron chi connectivity index (χ1n) is 9.92. The van der Waals surface area contributed by atoms with Crippen LogP contribution in [-0.2, 0) is 6.54 Å². The van der Waals surface area contributed by atoms with Crippen LogP contribution in [0.5, 0.6) is 5.75 Å². The second kappa shape index (κ2) is 10.4. The van der Waals surface area contributed by atoms with Gasteiger partial charge in [-0.25, -0.2) is 0 Å². The number of carbonyl (C=O) groups is 1. The minimum Gasteiger partial charge on any atom is -0.490 e. The molecule has 150 valence electrons. The fourth-order valence-corrected chi connectivity index (χ4v) is 3.44. The van der Waals surface area contributed by atoms with Crippen LogP contribution in [0.3, 0.4) is 0 Å². The number of benzene rings is 1. The van der Waals surface area contributed by atoms with E-state index in [1.165, 1.54) is 0 Å². The standard InChI is InChI=1S/C24H27N3O2/c1-3-15-27(16-4-2)24(28)20-8-10-22(11-9-20)29-23-12-17-26(18-13-23)19-21-7-5-6-14-25-21/h1,4-11,14,23H,2,12-13,15-19H2. The van der Waals surface area contributed by atoms with Gasteiger partial charge in [-0.1, -0.05) is 18.1 Å². The van der Waals surface area contributed by atoms with Crippen molar-refractivity contribution in [3.8, 4) is 18.1 Å². The van der Waals surface area contributed by atoms with E-state index in [4.69, 9.17) is 11.2 Å². The van der Waals surface area contributed by atoms with Crippen LogP contribution >= 0.6 is 0 Å². The smallest absolute Gasteiger partial charge is 0.254 e. The fourth-order valence-electron chi connectivity index (χ4n) is 3.44. The summed E-state index contributed by atoms with van der Waals surface area (Å²) in [6, 6.07) is 13.3. The van der Waals surface area contributed by atoms with E-state index in [-0.39, 0.29) is 18.6 Å². The Morgan fingerprint density at radius 2 is 2.03 bits per heavy atom. The van der Waals surface area contributed by atoms with Gasteiger partial charge in [-0.05, 0) is 49.2 Å². The molecule has 0 spiro atoms. The molecular formula is C24H27N3O2. The molecule has 5 nitrogen and oxygen atoms in total. The van der Waals surface area contributed by atoms with Gasteiger partial charge in [0.2, 0.25) is 0 Å². The highest BCUT2D eigenvalue weighted by Crippen LogP contribution is 2.21. The Morgan fingerprint density at radius 3 is 2.66 bits per heavy atom. The number of ether oxygens (including phenoxy) is 1. The summed E-state index contributed by atoms with van der Waals surface area (Å²) in [6.45, 7) is 7.22. The Bertz CT molecular complexity index is 835. The Morgan fingerprint density at radius 1 is 1.28 bits per heavy atom. The van der Waals surface area contributed by atoms with Crippen molar-refractivity contribution in [1.29, 1.82) is 0 Å². The van der Waals surface area contributed by atoms with E-state index < -0.39 is 0 Å². The molecule has 1 aliphatic rings. The predicted molar refractivity (Wildman–Crippen MR) is 115 cm³/mol. The van der Waals surface area contributed by atoms with Gasteiger partial charge in [0.05, 0.1) is 12.2 Å². The second-order valence-electron chi connectivity index (χ2n) is 7.12. The number of hydrogen-bond donors (Lipinski definition) is 0. The second-order valence-corrected chi connectivity index (χ2v) is 7.12. The average Bonchev–Trinajstić information content (AvgIpc) is 2.76. The molecule has 0 saturated carbocycles. The number of aromatic nitrogens is 1. The van der Waals surface area contributed by atoms with Crippen LogP contribution in [-0.4, -0.2) is 53.0 Å². The molecule has 2 heterocycles. The molecule has 1 amide bonds. The van der Waals surface area contributed by atoms with Crippen molar-refractivity contribution in [2.75, 3.05) is 26.2 Å². The summed E-state index contributed by atoms with van der Waals surface area (Å²) in [4.78, 5) is 20.9. The summed E-state index contributed by atoms with van der Waals surface area (Å²) >= 11 is 0. The molecule has 0 radical (unpaired) electrons. The van der Waals surface area contributed by atoms with Crippen molar-refractivity contribution in [3.63, 3.8) is 0 Å². The van der Waals surface area contributed by atoms with Crippen molar-refractivity contribution in [2.24, 2.45) is 0 Å². The van der Waals surface area contributed by atoms with Crippen LogP contribution in [0.25, 0.3) is 0 Å². The first-order valence-corrected chi connectivity index (χ1v) is 9.92. The van der Waals surface area contributed by atoms with E-state index in [9.17, 15) is 4.79 Å². The molecule has 1 aliphatic heterocycles. The zero-order valence-corrected chi connectivity index (χ0v) is 16.7. The maximum Gasteiger partial charge on any atom is 0.254 e. The molecule has 5 heteroatoms. The van der Waals surface area contributed by atoms with Gasteiger partial charge in [-0.15, -0.1) is 13.0 Å². The Balaban J connectivity index is 1.49. The van der Waals surface area contributed by atoms with Crippen LogP contribution in [0.1, 0.15) is 28.9 Å². The number of pyridine rings is 1. The highest BCUT2D eigenvalue weighted by Gasteiger charge is 2.21. The molecule has 1 fully saturated rings. The third-order valence-electron chi connectivity index (χ3n) is 4.97. The first kappa shape index (κ1) is 20.6. The van der Waals surface area contributed by atoms with Crippen molar-refractivity contribution in [2.45, 2.75) is 25.5 Å². The van der Waals surface area contributed by atoms with Crippen LogP contribution in [0.15, 0.2) is 61.3 Å². The van der Waals surface area contributed by atoms with Crippen molar-refractivity contribution in [1.82, 2.24) is 14.8 Å². The Hall–Kier alpha value is -3.10. The first-order chi connectivity index (χ1) is 14.2. The molecule has 1 saturated heterocycles. The van der Waals surface area contributed by atoms with E-state index >= 15 is 0 Å². The topological polar surface area (TPSA) is 45.7 Å². The summed E-state index contributed by atoms with van der Waals surface area (Å²) in [5.74, 6) is 3.20. The average molecular weight is 389 g/mol. The van der Waals surface area contributed by atoms with Gasteiger partial charge < -0.3 is 9.64 Å². The lowest BCUT2D eigenvalue weighted by Gasteiger charge is -2.31. The number of likely N-dealkylation sites (tertiary alicyclic amines) is 1. The van der Waals surface area contributed by atoms with Gasteiger partial charge in [-0.2, -0.15) is 0 Å². The Kier molecular flexibility index (Phi) is 7.43. The maximum absolute atomic E-state index is 12.5. The molecule has 0 aliphatic carbocycles. The highest BCUT2D eigenvalue weighted by atomic mass is 16.5. The zero-order chi connectivity index (χ0) is 20.5. The summed E-state index contributed by atoms with van der Waals surface area (Å²) in [5.41, 5.74) is 1.70. The van der Waals surface area contributed by atoms with E-state index in [1.807, 2.05) is 30.5 Å². The van der Waals surface area contributed by atoms with Crippen molar-refractivity contribution >= 4 is 5.91 Å². The number of piperidine rings is 1. The summed E-state index contributed by atoms with van der Waals surface area (Å²) in [6.07, 6.45) is 11.0. The van der Waals surface area contributed by atoms with Gasteiger partial charge in [0, 0.05) is 37.9 Å². The number of nitrogens with zero attached hydrogens (tertiary/aromatic N) is 3. The maximum atomic E-state index is 12.5. The normalized spacial score (nSPS) is 14.7. The summed E-state index contributed by atoms with van der Waals surface area (Å²) < 4.78 is 6.13. The number of hydrogen-bond acceptors (Lipinski definition) is 4. The molecule has 0 N–H and O–H groups in total. The van der Waals surface area contributed by atoms with Gasteiger partial charge in [0.1, 0.15) is 11.9 Å². The SMILES string of the molecule is C#CCN(CC=C)C(=O)c1ccc(OC2CCN(Cc3ccccn3)CC2)cc1. The molecule has 1 aromatic heterocycles. The molecule has 3 rings (SSSR count). The van der Waals surface area contributed by atoms with E-state index in [2.05, 4.69) is 28.4 Å². The molecule has 1 aromatic carbocycles. The minimum atomic E-state index is -0.0998. The summed E-state index contributed by atoms with van der Waals surface area (Å²) in [7, 11) is 0. The highest BCUT2D eigenvalue weighted by molar-refractivity contribution is 5.94. The van der Waals surface area contributed by atoms with Crippen LogP contribution < -0.4 is 4.74 Å². The Labute approximate surface area is 173 Å². The largest absolute Gasteiger partial charge is 0.490 e. The number of carbonyl (C=O) groups excluding carboxylic acids is 1. The third kappa shape index (κ3) is 5.94. The lowest BCUT2D eigenvalue weighted by molar-refractivity contribution is 0.0793. The molecule has 2 aromatic rings. The summed E-state index contributed by atoms with van der Waals surface area (Å²) in [5, 5.41) is 0. The number of rotatable bonds is 8. The van der Waals surface area contributed by atoms with Crippen molar-refractivity contribution < 1.29 is 9.53 Å². The molecule has 0 unspecified atom stereocenters. The fraction of sp³-hybridized carbons (Fsp3) is 0.333. The monoisotopic (exact) mass is 389 g/mol. The van der Waals surface area contributed by atoms with Crippen LogP contribution in [0, 0.1) is 12.3 Å². The van der Waals surface area contributed by atoms with Crippen molar-refractivity contribution in [3.05, 3.63) is 72.6 Å². The van der Waals surface area contributed by atoms with Gasteiger partial charge in [0.25, 0.3) is 5.91 Å². The van der Waals surface area contributed by atoms with Gasteiger partial charge in [0.15, 0.2) is 0 Å². The lowest BCUT2D eigenvalue weighted by Crippen LogP contribution is -2.38. The van der Waals surface area contributed by atoms with E-state index in [0.717, 1.165) is 43.9 Å². The lowest BCUT2D eigenvalue weighted by atomic mass is 10.1. The third-order valence-corrected chi connectivity index (χ3v) is 4.97. The molecule has 0 bridgehead atoms. The molecular weight excluding hydrogens is 362 g/mol. The zero-order valence-electron chi connectivity index (χ0n) is 16.7. The van der Waals surface area contributed by atoms with Crippen LogP contribution in [0.2, 0.25) is 0 Å².